The van der Waals surface area contributed by atoms with E-state index in [0.717, 1.165) is 12.1 Å². The van der Waals surface area contributed by atoms with E-state index < -0.39 is 11.7 Å². The van der Waals surface area contributed by atoms with Crippen LogP contribution in [-0.4, -0.2) is 29.2 Å². The number of alkyl halides is 3. The minimum absolute atomic E-state index is 0.188. The van der Waals surface area contributed by atoms with Gasteiger partial charge in [0.15, 0.2) is 11.8 Å². The summed E-state index contributed by atoms with van der Waals surface area (Å²) in [5, 5.41) is 10.1. The van der Waals surface area contributed by atoms with Gasteiger partial charge in [-0.1, -0.05) is 31.1 Å². The molecule has 1 heterocycles. The Hall–Kier alpha value is -2.58. The Morgan fingerprint density at radius 3 is 2.61 bits per heavy atom. The van der Waals surface area contributed by atoms with Crippen molar-refractivity contribution in [3.8, 4) is 0 Å². The second-order valence-electron chi connectivity index (χ2n) is 6.70. The second-order valence-corrected chi connectivity index (χ2v) is 6.70. The summed E-state index contributed by atoms with van der Waals surface area (Å²) < 4.78 is 43.9. The van der Waals surface area contributed by atoms with E-state index >= 15 is 0 Å². The normalized spacial score (nSPS) is 13.6. The molecule has 0 spiro atoms. The van der Waals surface area contributed by atoms with Crippen LogP contribution in [0.25, 0.3) is 0 Å². The number of nitrogens with zero attached hydrogens (tertiary/aromatic N) is 3. The summed E-state index contributed by atoms with van der Waals surface area (Å²) in [5.74, 6) is 1.86. The number of guanidine groups is 1. The van der Waals surface area contributed by atoms with Gasteiger partial charge in [0.25, 0.3) is 0 Å². The van der Waals surface area contributed by atoms with E-state index in [0.29, 0.717) is 42.7 Å². The Kier molecular flexibility index (Phi) is 7.42. The predicted octanol–water partition coefficient (Wildman–Crippen LogP) is 4.07. The average molecular weight is 397 g/mol. The Bertz CT molecular complexity index is 786. The maximum atomic E-state index is 12.9. The van der Waals surface area contributed by atoms with E-state index in [1.165, 1.54) is 6.07 Å². The Morgan fingerprint density at radius 2 is 2.00 bits per heavy atom. The van der Waals surface area contributed by atoms with E-state index in [2.05, 4.69) is 25.8 Å². The molecule has 0 aliphatic rings. The molecule has 1 atom stereocenters. The number of hydrogen-bond donors (Lipinski definition) is 2. The third-order valence-corrected chi connectivity index (χ3v) is 4.01. The summed E-state index contributed by atoms with van der Waals surface area (Å²) in [7, 11) is 0. The van der Waals surface area contributed by atoms with Crippen LogP contribution in [-0.2, 0) is 12.6 Å². The second kappa shape index (κ2) is 9.57. The molecule has 0 saturated heterocycles. The summed E-state index contributed by atoms with van der Waals surface area (Å²) >= 11 is 0. The van der Waals surface area contributed by atoms with Gasteiger partial charge in [-0.3, -0.25) is 4.99 Å². The first-order valence-electron chi connectivity index (χ1n) is 9.25. The van der Waals surface area contributed by atoms with Gasteiger partial charge in [0.05, 0.1) is 18.2 Å². The Morgan fingerprint density at radius 1 is 1.25 bits per heavy atom. The molecule has 0 aliphatic carbocycles. The molecule has 2 N–H and O–H groups in total. The van der Waals surface area contributed by atoms with E-state index in [1.807, 2.05) is 20.8 Å². The first-order chi connectivity index (χ1) is 13.2. The van der Waals surface area contributed by atoms with Crippen molar-refractivity contribution in [3.63, 3.8) is 0 Å². The third kappa shape index (κ3) is 6.24. The maximum Gasteiger partial charge on any atom is 0.416 e. The summed E-state index contributed by atoms with van der Waals surface area (Å²) in [6.45, 7) is 8.70. The van der Waals surface area contributed by atoms with Gasteiger partial charge in [0, 0.05) is 18.9 Å². The summed E-state index contributed by atoms with van der Waals surface area (Å²) in [6, 6.07) is 4.92. The molecule has 9 heteroatoms. The zero-order valence-electron chi connectivity index (χ0n) is 16.5. The first-order valence-corrected chi connectivity index (χ1v) is 9.25. The van der Waals surface area contributed by atoms with Crippen molar-refractivity contribution in [2.75, 3.05) is 13.1 Å². The van der Waals surface area contributed by atoms with E-state index in [-0.39, 0.29) is 12.0 Å². The highest BCUT2D eigenvalue weighted by Gasteiger charge is 2.30. The van der Waals surface area contributed by atoms with Crippen molar-refractivity contribution in [2.45, 2.75) is 52.3 Å². The molecule has 0 aliphatic heterocycles. The van der Waals surface area contributed by atoms with E-state index in [9.17, 15) is 13.2 Å². The molecule has 6 nitrogen and oxygen atoms in total. The van der Waals surface area contributed by atoms with Crippen LogP contribution in [0.4, 0.5) is 13.2 Å². The van der Waals surface area contributed by atoms with Crippen LogP contribution in [0, 0.1) is 0 Å². The molecular weight excluding hydrogens is 371 g/mol. The zero-order chi connectivity index (χ0) is 20.7. The number of hydrogen-bond acceptors (Lipinski definition) is 4. The van der Waals surface area contributed by atoms with Crippen LogP contribution >= 0.6 is 0 Å². The number of aromatic nitrogens is 2. The fraction of sp³-hybridized carbons (Fsp3) is 0.526. The van der Waals surface area contributed by atoms with Crippen molar-refractivity contribution in [2.24, 2.45) is 4.99 Å². The standard InChI is InChI=1S/C19H26F3N5O/c1-5-23-18(24-10-9-16-26-17(12(2)3)27-28-16)25-13(4)14-7-6-8-15(11-14)19(20,21)22/h6-8,11-13H,5,9-10H2,1-4H3,(H2,23,24,25). The van der Waals surface area contributed by atoms with Crippen molar-refractivity contribution in [1.82, 2.24) is 20.8 Å². The van der Waals surface area contributed by atoms with Gasteiger partial charge in [-0.25, -0.2) is 0 Å². The van der Waals surface area contributed by atoms with Crippen LogP contribution in [0.2, 0.25) is 0 Å². The highest BCUT2D eigenvalue weighted by molar-refractivity contribution is 5.80. The van der Waals surface area contributed by atoms with Crippen molar-refractivity contribution in [1.29, 1.82) is 0 Å². The lowest BCUT2D eigenvalue weighted by molar-refractivity contribution is -0.137. The van der Waals surface area contributed by atoms with Crippen LogP contribution in [0.15, 0.2) is 33.8 Å². The van der Waals surface area contributed by atoms with Crippen LogP contribution in [0.1, 0.15) is 62.5 Å². The largest absolute Gasteiger partial charge is 0.416 e. The molecule has 1 aromatic heterocycles. The van der Waals surface area contributed by atoms with Crippen molar-refractivity contribution < 1.29 is 17.7 Å². The lowest BCUT2D eigenvalue weighted by Gasteiger charge is -2.19. The Balaban J connectivity index is 2.01. The monoisotopic (exact) mass is 397 g/mol. The molecule has 2 rings (SSSR count). The number of aliphatic imine (C=N–C) groups is 1. The number of halogens is 3. The van der Waals surface area contributed by atoms with Gasteiger partial charge in [0.1, 0.15) is 0 Å². The van der Waals surface area contributed by atoms with Gasteiger partial charge in [0.2, 0.25) is 5.89 Å². The molecule has 28 heavy (non-hydrogen) atoms. The average Bonchev–Trinajstić information content (AvgIpc) is 3.10. The summed E-state index contributed by atoms with van der Waals surface area (Å²) in [6.07, 6.45) is -3.89. The lowest BCUT2D eigenvalue weighted by Crippen LogP contribution is -2.39. The zero-order valence-corrected chi connectivity index (χ0v) is 16.5. The molecular formula is C19H26F3N5O. The SMILES string of the molecule is CCNC(=NCCc1nc(C(C)C)no1)NC(C)c1cccc(C(F)(F)F)c1. The molecule has 154 valence electrons. The molecule has 1 aromatic carbocycles. The quantitative estimate of drug-likeness (QED) is 0.544. The molecule has 0 saturated carbocycles. The van der Waals surface area contributed by atoms with E-state index in [1.54, 1.807) is 13.0 Å². The van der Waals surface area contributed by atoms with Gasteiger partial charge in [-0.15, -0.1) is 0 Å². The Labute approximate surface area is 162 Å². The highest BCUT2D eigenvalue weighted by atomic mass is 19.4. The van der Waals surface area contributed by atoms with Gasteiger partial charge >= 0.3 is 6.18 Å². The van der Waals surface area contributed by atoms with E-state index in [4.69, 9.17) is 4.52 Å². The van der Waals surface area contributed by atoms with Gasteiger partial charge in [-0.05, 0) is 31.5 Å². The number of rotatable bonds is 7. The predicted molar refractivity (Wildman–Crippen MR) is 101 cm³/mol. The maximum absolute atomic E-state index is 12.9. The molecule has 0 amide bonds. The minimum Gasteiger partial charge on any atom is -0.357 e. The minimum atomic E-state index is -4.37. The summed E-state index contributed by atoms with van der Waals surface area (Å²) in [5.41, 5.74) is -0.142. The fourth-order valence-electron chi connectivity index (χ4n) is 2.46. The topological polar surface area (TPSA) is 75.3 Å². The number of nitrogens with one attached hydrogen (secondary N) is 2. The lowest BCUT2D eigenvalue weighted by atomic mass is 10.1. The van der Waals surface area contributed by atoms with Gasteiger partial charge < -0.3 is 15.2 Å². The van der Waals surface area contributed by atoms with Crippen LogP contribution in [0.3, 0.4) is 0 Å². The summed E-state index contributed by atoms with van der Waals surface area (Å²) in [4.78, 5) is 8.74. The fourth-order valence-corrected chi connectivity index (χ4v) is 2.46. The van der Waals surface area contributed by atoms with Crippen molar-refractivity contribution in [3.05, 3.63) is 47.1 Å². The number of benzene rings is 1. The molecule has 0 fully saturated rings. The molecule has 0 bridgehead atoms. The van der Waals surface area contributed by atoms with Crippen molar-refractivity contribution >= 4 is 5.96 Å². The molecule has 1 unspecified atom stereocenters. The molecule has 0 radical (unpaired) electrons. The highest BCUT2D eigenvalue weighted by Crippen LogP contribution is 2.30. The van der Waals surface area contributed by atoms with Crippen LogP contribution in [0.5, 0.6) is 0 Å². The van der Waals surface area contributed by atoms with Crippen LogP contribution < -0.4 is 10.6 Å². The smallest absolute Gasteiger partial charge is 0.357 e. The van der Waals surface area contributed by atoms with Gasteiger partial charge in [-0.2, -0.15) is 18.2 Å². The molecule has 2 aromatic rings. The first kappa shape index (κ1) is 21.7. The third-order valence-electron chi connectivity index (χ3n) is 4.01.